The molecule has 18 heavy (non-hydrogen) atoms. The maximum absolute atomic E-state index is 9.53. The van der Waals surface area contributed by atoms with Gasteiger partial charge in [-0.05, 0) is 31.0 Å². The van der Waals surface area contributed by atoms with E-state index < -0.39 is 0 Å². The van der Waals surface area contributed by atoms with Crippen LogP contribution in [0.15, 0.2) is 22.7 Å². The van der Waals surface area contributed by atoms with Crippen molar-refractivity contribution in [3.63, 3.8) is 0 Å². The van der Waals surface area contributed by atoms with Crippen LogP contribution in [0.2, 0.25) is 0 Å². The molecular formula is C14H17BrN2O. The number of nitriles is 1. The van der Waals surface area contributed by atoms with E-state index in [2.05, 4.69) is 26.9 Å². The molecule has 0 spiro atoms. The number of nitrogens with zero attached hydrogens (tertiary/aromatic N) is 2. The molecule has 3 nitrogen and oxygen atoms in total. The molecule has 0 aliphatic carbocycles. The van der Waals surface area contributed by atoms with Crippen LogP contribution in [-0.2, 0) is 0 Å². The molecule has 1 atom stereocenters. The van der Waals surface area contributed by atoms with Gasteiger partial charge in [-0.25, -0.2) is 0 Å². The highest BCUT2D eigenvalue weighted by atomic mass is 79.9. The smallest absolute Gasteiger partial charge is 0.0992 e. The zero-order chi connectivity index (χ0) is 13.0. The lowest BCUT2D eigenvalue weighted by atomic mass is 10.1. The van der Waals surface area contributed by atoms with E-state index in [0.717, 1.165) is 29.5 Å². The molecule has 0 saturated carbocycles. The molecule has 96 valence electrons. The molecule has 1 N–H and O–H groups in total. The lowest BCUT2D eigenvalue weighted by molar-refractivity contribution is 0.255. The topological polar surface area (TPSA) is 47.3 Å². The normalized spacial score (nSPS) is 20.3. The first-order chi connectivity index (χ1) is 8.74. The fraction of sp³-hybridized carbons (Fsp3) is 0.500. The van der Waals surface area contributed by atoms with Crippen LogP contribution >= 0.6 is 15.9 Å². The number of anilines is 1. The van der Waals surface area contributed by atoms with Crippen molar-refractivity contribution in [2.75, 3.05) is 18.1 Å². The third kappa shape index (κ3) is 3.04. The van der Waals surface area contributed by atoms with Gasteiger partial charge >= 0.3 is 0 Å². The van der Waals surface area contributed by atoms with Crippen LogP contribution in [0.5, 0.6) is 0 Å². The molecule has 0 bridgehead atoms. The molecular weight excluding hydrogens is 292 g/mol. The second-order valence-electron chi connectivity index (χ2n) is 4.69. The Bertz CT molecular complexity index is 456. The van der Waals surface area contributed by atoms with E-state index >= 15 is 0 Å². The Morgan fingerprint density at radius 3 is 2.89 bits per heavy atom. The molecule has 0 amide bonds. The van der Waals surface area contributed by atoms with Gasteiger partial charge in [0.15, 0.2) is 0 Å². The summed E-state index contributed by atoms with van der Waals surface area (Å²) < 4.78 is 0.914. The Hall–Kier alpha value is -1.05. The lowest BCUT2D eigenvalue weighted by Gasteiger charge is -2.31. The third-order valence-electron chi connectivity index (χ3n) is 3.43. The quantitative estimate of drug-likeness (QED) is 0.913. The average Bonchev–Trinajstić information content (AvgIpc) is 2.62. The summed E-state index contributed by atoms with van der Waals surface area (Å²) in [6, 6.07) is 8.09. The minimum absolute atomic E-state index is 0.174. The maximum atomic E-state index is 9.53. The molecule has 2 rings (SSSR count). The van der Waals surface area contributed by atoms with Crippen LogP contribution in [-0.4, -0.2) is 24.3 Å². The largest absolute Gasteiger partial charge is 0.394 e. The van der Waals surface area contributed by atoms with Crippen LogP contribution in [0.1, 0.15) is 31.2 Å². The van der Waals surface area contributed by atoms with Gasteiger partial charge in [-0.2, -0.15) is 5.26 Å². The summed E-state index contributed by atoms with van der Waals surface area (Å²) >= 11 is 3.44. The van der Waals surface area contributed by atoms with Crippen LogP contribution in [0.25, 0.3) is 0 Å². The van der Waals surface area contributed by atoms with Gasteiger partial charge in [-0.3, -0.25) is 0 Å². The van der Waals surface area contributed by atoms with E-state index in [4.69, 9.17) is 5.26 Å². The van der Waals surface area contributed by atoms with Gasteiger partial charge in [-0.15, -0.1) is 0 Å². The predicted molar refractivity (Wildman–Crippen MR) is 75.5 cm³/mol. The van der Waals surface area contributed by atoms with E-state index in [9.17, 15) is 5.11 Å². The molecule has 1 unspecified atom stereocenters. The van der Waals surface area contributed by atoms with Crippen LogP contribution in [0.4, 0.5) is 5.69 Å². The Kier molecular flexibility index (Phi) is 4.62. The number of rotatable bonds is 2. The summed E-state index contributed by atoms with van der Waals surface area (Å²) in [6.07, 6.45) is 4.54. The maximum Gasteiger partial charge on any atom is 0.0992 e. The summed E-state index contributed by atoms with van der Waals surface area (Å²) in [5, 5.41) is 18.5. The standard InChI is InChI=1S/C14H17BrN2O/c15-12-6-11(9-16)7-14(8-12)17-5-3-1-2-4-13(17)10-18/h6-8,13,18H,1-5,10H2. The molecule has 1 aromatic carbocycles. The Labute approximate surface area is 116 Å². The molecule has 1 saturated heterocycles. The fourth-order valence-corrected chi connectivity index (χ4v) is 2.99. The Morgan fingerprint density at radius 2 is 2.17 bits per heavy atom. The van der Waals surface area contributed by atoms with Crippen molar-refractivity contribution in [2.24, 2.45) is 0 Å². The van der Waals surface area contributed by atoms with Gasteiger partial charge in [0.2, 0.25) is 0 Å². The van der Waals surface area contributed by atoms with Crippen molar-refractivity contribution in [2.45, 2.75) is 31.7 Å². The SMILES string of the molecule is N#Cc1cc(Br)cc(N2CCCCCC2CO)c1. The molecule has 4 heteroatoms. The van der Waals surface area contributed by atoms with Gasteiger partial charge in [0.05, 0.1) is 24.3 Å². The van der Waals surface area contributed by atoms with Crippen molar-refractivity contribution in [3.05, 3.63) is 28.2 Å². The summed E-state index contributed by atoms with van der Waals surface area (Å²) in [5.41, 5.74) is 1.68. The fourth-order valence-electron chi connectivity index (χ4n) is 2.51. The zero-order valence-electron chi connectivity index (χ0n) is 10.3. The summed E-state index contributed by atoms with van der Waals surface area (Å²) in [4.78, 5) is 2.23. The first-order valence-corrected chi connectivity index (χ1v) is 7.12. The zero-order valence-corrected chi connectivity index (χ0v) is 11.9. The van der Waals surface area contributed by atoms with Crippen LogP contribution < -0.4 is 4.90 Å². The van der Waals surface area contributed by atoms with E-state index in [1.54, 1.807) is 0 Å². The number of benzene rings is 1. The van der Waals surface area contributed by atoms with Gasteiger partial charge in [-0.1, -0.05) is 28.8 Å². The molecule has 0 radical (unpaired) electrons. The highest BCUT2D eigenvalue weighted by Crippen LogP contribution is 2.28. The first kappa shape index (κ1) is 13.4. The van der Waals surface area contributed by atoms with Crippen LogP contribution in [0, 0.1) is 11.3 Å². The van der Waals surface area contributed by atoms with E-state index in [-0.39, 0.29) is 12.6 Å². The number of aliphatic hydroxyl groups is 1. The van der Waals surface area contributed by atoms with Gasteiger partial charge in [0.1, 0.15) is 0 Å². The summed E-state index contributed by atoms with van der Waals surface area (Å²) in [6.45, 7) is 1.13. The third-order valence-corrected chi connectivity index (χ3v) is 3.89. The number of hydrogen-bond donors (Lipinski definition) is 1. The first-order valence-electron chi connectivity index (χ1n) is 6.33. The molecule has 1 fully saturated rings. The average molecular weight is 309 g/mol. The van der Waals surface area contributed by atoms with E-state index in [0.29, 0.717) is 5.56 Å². The second-order valence-corrected chi connectivity index (χ2v) is 5.60. The lowest BCUT2D eigenvalue weighted by Crippen LogP contribution is -2.37. The minimum atomic E-state index is 0.174. The highest BCUT2D eigenvalue weighted by Gasteiger charge is 2.21. The van der Waals surface area contributed by atoms with E-state index in [1.807, 2.05) is 18.2 Å². The van der Waals surface area contributed by atoms with Gasteiger partial charge < -0.3 is 10.0 Å². The van der Waals surface area contributed by atoms with Crippen molar-refractivity contribution in [3.8, 4) is 6.07 Å². The van der Waals surface area contributed by atoms with Crippen molar-refractivity contribution in [1.82, 2.24) is 0 Å². The Morgan fingerprint density at radius 1 is 1.33 bits per heavy atom. The molecule has 1 aromatic rings. The summed E-state index contributed by atoms with van der Waals surface area (Å²) in [5.74, 6) is 0. The number of halogens is 1. The molecule has 1 aliphatic rings. The molecule has 1 heterocycles. The van der Waals surface area contributed by atoms with Gasteiger partial charge in [0, 0.05) is 16.7 Å². The van der Waals surface area contributed by atoms with Crippen LogP contribution in [0.3, 0.4) is 0 Å². The van der Waals surface area contributed by atoms with Gasteiger partial charge in [0.25, 0.3) is 0 Å². The number of aliphatic hydroxyl groups excluding tert-OH is 1. The molecule has 1 aliphatic heterocycles. The minimum Gasteiger partial charge on any atom is -0.394 e. The van der Waals surface area contributed by atoms with Crippen molar-refractivity contribution >= 4 is 21.6 Å². The van der Waals surface area contributed by atoms with Crippen molar-refractivity contribution in [1.29, 1.82) is 5.26 Å². The molecule has 0 aromatic heterocycles. The Balaban J connectivity index is 2.32. The predicted octanol–water partition coefficient (Wildman–Crippen LogP) is 3.06. The monoisotopic (exact) mass is 308 g/mol. The number of hydrogen-bond acceptors (Lipinski definition) is 3. The second kappa shape index (κ2) is 6.21. The van der Waals surface area contributed by atoms with E-state index in [1.165, 1.54) is 12.8 Å². The summed E-state index contributed by atoms with van der Waals surface area (Å²) in [7, 11) is 0. The van der Waals surface area contributed by atoms with Crippen molar-refractivity contribution < 1.29 is 5.11 Å². The highest BCUT2D eigenvalue weighted by molar-refractivity contribution is 9.10.